The van der Waals surface area contributed by atoms with Crippen molar-refractivity contribution in [1.29, 1.82) is 0 Å². The van der Waals surface area contributed by atoms with Crippen molar-refractivity contribution in [3.8, 4) is 0 Å². The third kappa shape index (κ3) is 5.84. The Morgan fingerprint density at radius 1 is 1.45 bits per heavy atom. The molecule has 0 unspecified atom stereocenters. The van der Waals surface area contributed by atoms with Crippen molar-refractivity contribution in [2.45, 2.75) is 40.0 Å². The van der Waals surface area contributed by atoms with E-state index in [1.54, 1.807) is 0 Å². The van der Waals surface area contributed by atoms with Gasteiger partial charge in [-0.25, -0.2) is 0 Å². The fourth-order valence-electron chi connectivity index (χ4n) is 0.981. The van der Waals surface area contributed by atoms with Gasteiger partial charge in [-0.2, -0.15) is 0 Å². The second-order valence-electron chi connectivity index (χ2n) is 3.28. The van der Waals surface area contributed by atoms with Gasteiger partial charge < -0.3 is 0 Å². The molecule has 0 rings (SSSR count). The summed E-state index contributed by atoms with van der Waals surface area (Å²) in [6.45, 7) is 6.38. The molecule has 0 heterocycles. The number of hydrogen-bond donors (Lipinski definition) is 0. The Hall–Kier alpha value is -0.590. The summed E-state index contributed by atoms with van der Waals surface area (Å²) in [6.07, 6.45) is 6.10. The van der Waals surface area contributed by atoms with Crippen molar-refractivity contribution < 1.29 is 4.79 Å². The Morgan fingerprint density at radius 3 is 2.45 bits per heavy atom. The van der Waals surface area contributed by atoms with Crippen LogP contribution in [0.3, 0.4) is 0 Å². The van der Waals surface area contributed by atoms with E-state index in [0.29, 0.717) is 5.92 Å². The molecule has 0 aliphatic carbocycles. The highest BCUT2D eigenvalue weighted by Gasteiger charge is 1.98. The Bertz CT molecular complexity index is 134. The van der Waals surface area contributed by atoms with Crippen molar-refractivity contribution in [1.82, 2.24) is 0 Å². The highest BCUT2D eigenvalue weighted by atomic mass is 16.1. The van der Waals surface area contributed by atoms with Gasteiger partial charge in [-0.1, -0.05) is 33.3 Å². The average Bonchev–Trinajstić information content (AvgIpc) is 1.97. The fraction of sp³-hybridized carbons (Fsp3) is 0.700. The minimum absolute atomic E-state index is 0.586. The standard InChI is InChI=1S/C10H18O/c1-4-5-6-10(8-11)7-9(2)3/h6,8-9H,4-5,7H2,1-3H3. The maximum absolute atomic E-state index is 10.5. The first kappa shape index (κ1) is 10.4. The Balaban J connectivity index is 3.83. The number of unbranched alkanes of at least 4 members (excludes halogenated alkanes) is 1. The van der Waals surface area contributed by atoms with Gasteiger partial charge in [0, 0.05) is 0 Å². The molecule has 0 amide bonds. The molecule has 0 fully saturated rings. The maximum atomic E-state index is 10.5. The zero-order chi connectivity index (χ0) is 8.69. The van der Waals surface area contributed by atoms with Crippen LogP contribution in [-0.2, 0) is 4.79 Å². The molecule has 0 N–H and O–H groups in total. The molecule has 64 valence electrons. The first-order chi connectivity index (χ1) is 5.20. The molecule has 0 radical (unpaired) electrons. The van der Waals surface area contributed by atoms with E-state index in [-0.39, 0.29) is 0 Å². The van der Waals surface area contributed by atoms with Gasteiger partial charge in [0.05, 0.1) is 0 Å². The number of carbonyl (C=O) groups excluding carboxylic acids is 1. The van der Waals surface area contributed by atoms with Crippen LogP contribution in [0.1, 0.15) is 40.0 Å². The van der Waals surface area contributed by atoms with Crippen molar-refractivity contribution in [3.63, 3.8) is 0 Å². The molecule has 0 aromatic rings. The van der Waals surface area contributed by atoms with Gasteiger partial charge in [-0.3, -0.25) is 4.79 Å². The first-order valence-corrected chi connectivity index (χ1v) is 4.34. The first-order valence-electron chi connectivity index (χ1n) is 4.34. The van der Waals surface area contributed by atoms with Gasteiger partial charge in [0.25, 0.3) is 0 Å². The topological polar surface area (TPSA) is 17.1 Å². The number of aldehydes is 1. The SMILES string of the molecule is CCCC=C(C=O)CC(C)C. The molecule has 0 saturated heterocycles. The van der Waals surface area contributed by atoms with Crippen molar-refractivity contribution in [2.75, 3.05) is 0 Å². The van der Waals surface area contributed by atoms with E-state index in [1.807, 2.05) is 6.08 Å². The van der Waals surface area contributed by atoms with Gasteiger partial charge in [-0.05, 0) is 24.3 Å². The predicted octanol–water partition coefficient (Wildman–Crippen LogP) is 2.96. The van der Waals surface area contributed by atoms with Crippen LogP contribution in [0.4, 0.5) is 0 Å². The van der Waals surface area contributed by atoms with Crippen molar-refractivity contribution in [3.05, 3.63) is 11.6 Å². The predicted molar refractivity (Wildman–Crippen MR) is 48.5 cm³/mol. The average molecular weight is 154 g/mol. The van der Waals surface area contributed by atoms with E-state index >= 15 is 0 Å². The highest BCUT2D eigenvalue weighted by Crippen LogP contribution is 2.09. The van der Waals surface area contributed by atoms with Gasteiger partial charge in [-0.15, -0.1) is 0 Å². The molecule has 1 heteroatoms. The number of rotatable bonds is 5. The molecule has 0 aromatic heterocycles. The number of hydrogen-bond acceptors (Lipinski definition) is 1. The molecule has 0 spiro atoms. The molecule has 0 saturated carbocycles. The second-order valence-corrected chi connectivity index (χ2v) is 3.28. The summed E-state index contributed by atoms with van der Waals surface area (Å²) in [4.78, 5) is 10.5. The lowest BCUT2D eigenvalue weighted by atomic mass is 10.0. The fourth-order valence-corrected chi connectivity index (χ4v) is 0.981. The maximum Gasteiger partial charge on any atom is 0.145 e. The number of carbonyl (C=O) groups is 1. The van der Waals surface area contributed by atoms with E-state index in [9.17, 15) is 4.79 Å². The van der Waals surface area contributed by atoms with Gasteiger partial charge >= 0.3 is 0 Å². The van der Waals surface area contributed by atoms with Gasteiger partial charge in [0.15, 0.2) is 0 Å². The lowest BCUT2D eigenvalue weighted by molar-refractivity contribution is -0.105. The molecule has 0 aliphatic rings. The number of allylic oxidation sites excluding steroid dienone is 2. The van der Waals surface area contributed by atoms with E-state index in [0.717, 1.165) is 31.1 Å². The molecule has 0 aliphatic heterocycles. The summed E-state index contributed by atoms with van der Waals surface area (Å²) in [5, 5.41) is 0. The van der Waals surface area contributed by atoms with Crippen LogP contribution in [0.5, 0.6) is 0 Å². The molecular formula is C10H18O. The summed E-state index contributed by atoms with van der Waals surface area (Å²) in [6, 6.07) is 0. The minimum Gasteiger partial charge on any atom is -0.298 e. The Labute approximate surface area is 69.5 Å². The van der Waals surface area contributed by atoms with Crippen LogP contribution in [0.25, 0.3) is 0 Å². The normalized spacial score (nSPS) is 12.2. The van der Waals surface area contributed by atoms with Crippen LogP contribution in [0, 0.1) is 5.92 Å². The molecule has 0 aromatic carbocycles. The van der Waals surface area contributed by atoms with Crippen LogP contribution >= 0.6 is 0 Å². The van der Waals surface area contributed by atoms with Crippen LogP contribution in [0.15, 0.2) is 11.6 Å². The zero-order valence-corrected chi connectivity index (χ0v) is 7.76. The van der Waals surface area contributed by atoms with Gasteiger partial charge in [0.1, 0.15) is 6.29 Å². The zero-order valence-electron chi connectivity index (χ0n) is 7.76. The summed E-state index contributed by atoms with van der Waals surface area (Å²) in [5.41, 5.74) is 0.960. The lowest BCUT2D eigenvalue weighted by Crippen LogP contribution is -1.92. The Kier molecular flexibility index (Phi) is 5.81. The largest absolute Gasteiger partial charge is 0.298 e. The monoisotopic (exact) mass is 154 g/mol. The van der Waals surface area contributed by atoms with E-state index < -0.39 is 0 Å². The van der Waals surface area contributed by atoms with Crippen LogP contribution in [0.2, 0.25) is 0 Å². The highest BCUT2D eigenvalue weighted by molar-refractivity contribution is 5.72. The summed E-state index contributed by atoms with van der Waals surface area (Å²) >= 11 is 0. The summed E-state index contributed by atoms with van der Waals surface area (Å²) < 4.78 is 0. The van der Waals surface area contributed by atoms with Crippen LogP contribution in [-0.4, -0.2) is 6.29 Å². The van der Waals surface area contributed by atoms with E-state index in [1.165, 1.54) is 0 Å². The summed E-state index contributed by atoms with van der Waals surface area (Å²) in [7, 11) is 0. The third-order valence-corrected chi connectivity index (χ3v) is 1.49. The third-order valence-electron chi connectivity index (χ3n) is 1.49. The van der Waals surface area contributed by atoms with E-state index in [4.69, 9.17) is 0 Å². The van der Waals surface area contributed by atoms with Crippen LogP contribution < -0.4 is 0 Å². The van der Waals surface area contributed by atoms with Crippen molar-refractivity contribution >= 4 is 6.29 Å². The molecular weight excluding hydrogens is 136 g/mol. The van der Waals surface area contributed by atoms with Gasteiger partial charge in [0.2, 0.25) is 0 Å². The lowest BCUT2D eigenvalue weighted by Gasteiger charge is -2.02. The van der Waals surface area contributed by atoms with Crippen molar-refractivity contribution in [2.24, 2.45) is 5.92 Å². The summed E-state index contributed by atoms with van der Waals surface area (Å²) in [5.74, 6) is 0.586. The molecule has 11 heavy (non-hydrogen) atoms. The molecule has 1 nitrogen and oxygen atoms in total. The molecule has 0 atom stereocenters. The molecule has 0 bridgehead atoms. The van der Waals surface area contributed by atoms with E-state index in [2.05, 4.69) is 20.8 Å². The quantitative estimate of drug-likeness (QED) is 0.439. The smallest absolute Gasteiger partial charge is 0.145 e. The second kappa shape index (κ2) is 6.14. The minimum atomic E-state index is 0.586. The Morgan fingerprint density at radius 2 is 2.09 bits per heavy atom.